The molecule has 3 nitrogen and oxygen atoms in total. The van der Waals surface area contributed by atoms with E-state index in [9.17, 15) is 9.90 Å². The zero-order valence-corrected chi connectivity index (χ0v) is 11.8. The molecule has 0 heterocycles. The van der Waals surface area contributed by atoms with Crippen molar-refractivity contribution in [2.24, 2.45) is 0 Å². The highest BCUT2D eigenvalue weighted by atomic mass is 16.5. The first-order valence-electron chi connectivity index (χ1n) is 7.26. The topological polar surface area (TPSA) is 46.5 Å². The van der Waals surface area contributed by atoms with Crippen molar-refractivity contribution in [2.75, 3.05) is 0 Å². The zero-order valence-electron chi connectivity index (χ0n) is 11.8. The fourth-order valence-electron chi connectivity index (χ4n) is 2.88. The third kappa shape index (κ3) is 3.07. The Labute approximate surface area is 124 Å². The molecular formula is C18H18O3. The molecule has 1 aliphatic rings. The minimum atomic E-state index is -0.728. The number of carboxylic acids is 1. The van der Waals surface area contributed by atoms with Crippen molar-refractivity contribution in [1.82, 2.24) is 0 Å². The Morgan fingerprint density at radius 1 is 1.19 bits per heavy atom. The molecule has 0 aliphatic heterocycles. The molecule has 0 radical (unpaired) electrons. The molecule has 1 unspecified atom stereocenters. The van der Waals surface area contributed by atoms with Crippen molar-refractivity contribution in [3.05, 3.63) is 65.2 Å². The van der Waals surface area contributed by atoms with E-state index < -0.39 is 5.97 Å². The van der Waals surface area contributed by atoms with Gasteiger partial charge < -0.3 is 9.84 Å². The smallest absolute Gasteiger partial charge is 0.310 e. The minimum Gasteiger partial charge on any atom is -0.489 e. The molecule has 0 saturated carbocycles. The van der Waals surface area contributed by atoms with Crippen LogP contribution in [0.1, 0.15) is 35.4 Å². The summed E-state index contributed by atoms with van der Waals surface area (Å²) < 4.78 is 5.81. The molecule has 108 valence electrons. The van der Waals surface area contributed by atoms with Crippen LogP contribution in [0, 0.1) is 0 Å². The van der Waals surface area contributed by atoms with Crippen LogP contribution in [-0.4, -0.2) is 11.1 Å². The van der Waals surface area contributed by atoms with Crippen molar-refractivity contribution in [3.8, 4) is 5.75 Å². The van der Waals surface area contributed by atoms with E-state index >= 15 is 0 Å². The standard InChI is InChI=1S/C18H18O3/c19-18(20)17-8-4-7-14-11-15(9-10-16(14)17)21-12-13-5-2-1-3-6-13/h1-3,5-6,9-11,17H,4,7-8,12H2,(H,19,20). The summed E-state index contributed by atoms with van der Waals surface area (Å²) in [6.45, 7) is 0.530. The minimum absolute atomic E-state index is 0.364. The van der Waals surface area contributed by atoms with Gasteiger partial charge in [-0.3, -0.25) is 4.79 Å². The van der Waals surface area contributed by atoms with Gasteiger partial charge in [0.2, 0.25) is 0 Å². The molecule has 3 rings (SSSR count). The maximum Gasteiger partial charge on any atom is 0.310 e. The first-order valence-corrected chi connectivity index (χ1v) is 7.26. The maximum absolute atomic E-state index is 11.3. The summed E-state index contributed by atoms with van der Waals surface area (Å²) in [5, 5.41) is 9.28. The molecule has 1 N–H and O–H groups in total. The third-order valence-corrected chi connectivity index (χ3v) is 3.98. The van der Waals surface area contributed by atoms with Crippen LogP contribution in [-0.2, 0) is 17.8 Å². The van der Waals surface area contributed by atoms with Gasteiger partial charge in [-0.2, -0.15) is 0 Å². The predicted octanol–water partition coefficient (Wildman–Crippen LogP) is 3.77. The molecule has 3 heteroatoms. The van der Waals surface area contributed by atoms with Gasteiger partial charge in [0.1, 0.15) is 12.4 Å². The van der Waals surface area contributed by atoms with Crippen LogP contribution in [0.4, 0.5) is 0 Å². The van der Waals surface area contributed by atoms with E-state index in [1.54, 1.807) is 0 Å². The second-order valence-electron chi connectivity index (χ2n) is 5.42. The number of carboxylic acid groups (broad SMARTS) is 1. The summed E-state index contributed by atoms with van der Waals surface area (Å²) in [6, 6.07) is 15.8. The highest BCUT2D eigenvalue weighted by Crippen LogP contribution is 2.34. The Hall–Kier alpha value is -2.29. The predicted molar refractivity (Wildman–Crippen MR) is 80.5 cm³/mol. The van der Waals surface area contributed by atoms with E-state index in [1.807, 2.05) is 48.5 Å². The number of benzene rings is 2. The molecule has 1 atom stereocenters. The van der Waals surface area contributed by atoms with Gasteiger partial charge >= 0.3 is 5.97 Å². The quantitative estimate of drug-likeness (QED) is 0.928. The van der Waals surface area contributed by atoms with Crippen molar-refractivity contribution in [3.63, 3.8) is 0 Å². The lowest BCUT2D eigenvalue weighted by atomic mass is 9.83. The zero-order chi connectivity index (χ0) is 14.7. The number of carbonyl (C=O) groups is 1. The molecule has 0 fully saturated rings. The molecule has 2 aromatic rings. The molecule has 0 saturated heterocycles. The summed E-state index contributed by atoms with van der Waals surface area (Å²) in [4.78, 5) is 11.3. The number of aryl methyl sites for hydroxylation is 1. The van der Waals surface area contributed by atoms with Crippen LogP contribution < -0.4 is 4.74 Å². The Kier molecular flexibility index (Phi) is 3.91. The van der Waals surface area contributed by atoms with Crippen molar-refractivity contribution in [1.29, 1.82) is 0 Å². The van der Waals surface area contributed by atoms with Gasteiger partial charge in [-0.15, -0.1) is 0 Å². The van der Waals surface area contributed by atoms with Gasteiger partial charge in [0, 0.05) is 0 Å². The van der Waals surface area contributed by atoms with Crippen LogP contribution in [0.3, 0.4) is 0 Å². The summed E-state index contributed by atoms with van der Waals surface area (Å²) in [5.74, 6) is -0.283. The largest absolute Gasteiger partial charge is 0.489 e. The molecule has 0 aromatic heterocycles. The van der Waals surface area contributed by atoms with E-state index in [0.717, 1.165) is 41.7 Å². The third-order valence-electron chi connectivity index (χ3n) is 3.98. The van der Waals surface area contributed by atoms with E-state index in [1.165, 1.54) is 0 Å². The van der Waals surface area contributed by atoms with Crippen LogP contribution in [0.15, 0.2) is 48.5 Å². The van der Waals surface area contributed by atoms with Crippen molar-refractivity contribution < 1.29 is 14.6 Å². The lowest BCUT2D eigenvalue weighted by Crippen LogP contribution is -2.17. The number of ether oxygens (including phenoxy) is 1. The first kappa shape index (κ1) is 13.7. The maximum atomic E-state index is 11.3. The lowest BCUT2D eigenvalue weighted by molar-refractivity contribution is -0.139. The second-order valence-corrected chi connectivity index (χ2v) is 5.42. The second kappa shape index (κ2) is 6.00. The number of hydrogen-bond acceptors (Lipinski definition) is 2. The molecule has 0 amide bonds. The number of hydrogen-bond donors (Lipinski definition) is 1. The highest BCUT2D eigenvalue weighted by Gasteiger charge is 2.26. The Balaban J connectivity index is 1.75. The fraction of sp³-hybridized carbons (Fsp3) is 0.278. The summed E-state index contributed by atoms with van der Waals surface area (Å²) in [6.07, 6.45) is 2.58. The van der Waals surface area contributed by atoms with Crippen molar-refractivity contribution >= 4 is 5.97 Å². The fourth-order valence-corrected chi connectivity index (χ4v) is 2.88. The van der Waals surface area contributed by atoms with Crippen molar-refractivity contribution in [2.45, 2.75) is 31.8 Å². The van der Waals surface area contributed by atoms with Gasteiger partial charge in [-0.1, -0.05) is 36.4 Å². The SMILES string of the molecule is O=C(O)C1CCCc2cc(OCc3ccccc3)ccc21. The highest BCUT2D eigenvalue weighted by molar-refractivity contribution is 5.77. The molecular weight excluding hydrogens is 264 g/mol. The molecule has 2 aromatic carbocycles. The molecule has 0 bridgehead atoms. The summed E-state index contributed by atoms with van der Waals surface area (Å²) in [7, 11) is 0. The average Bonchev–Trinajstić information content (AvgIpc) is 2.53. The molecule has 21 heavy (non-hydrogen) atoms. The molecule has 1 aliphatic carbocycles. The normalized spacial score (nSPS) is 17.0. The van der Waals surface area contributed by atoms with Gasteiger partial charge in [0.25, 0.3) is 0 Å². The van der Waals surface area contributed by atoms with Gasteiger partial charge in [0.05, 0.1) is 5.92 Å². The lowest BCUT2D eigenvalue weighted by Gasteiger charge is -2.22. The van der Waals surface area contributed by atoms with E-state index in [2.05, 4.69) is 0 Å². The van der Waals surface area contributed by atoms with Crippen LogP contribution in [0.5, 0.6) is 5.75 Å². The van der Waals surface area contributed by atoms with Crippen LogP contribution in [0.2, 0.25) is 0 Å². The monoisotopic (exact) mass is 282 g/mol. The Morgan fingerprint density at radius 3 is 2.76 bits per heavy atom. The van der Waals surface area contributed by atoms with Gasteiger partial charge in [-0.25, -0.2) is 0 Å². The van der Waals surface area contributed by atoms with Crippen LogP contribution in [0.25, 0.3) is 0 Å². The number of aliphatic carboxylic acids is 1. The summed E-state index contributed by atoms with van der Waals surface area (Å²) >= 11 is 0. The Bertz CT molecular complexity index is 634. The average molecular weight is 282 g/mol. The van der Waals surface area contributed by atoms with Gasteiger partial charge in [0.15, 0.2) is 0 Å². The van der Waals surface area contributed by atoms with Gasteiger partial charge in [-0.05, 0) is 48.1 Å². The van der Waals surface area contributed by atoms with E-state index in [4.69, 9.17) is 4.74 Å². The summed E-state index contributed by atoms with van der Waals surface area (Å²) in [5.41, 5.74) is 3.18. The van der Waals surface area contributed by atoms with Crippen LogP contribution >= 0.6 is 0 Å². The first-order chi connectivity index (χ1) is 10.2. The van der Waals surface area contributed by atoms with E-state index in [-0.39, 0.29) is 5.92 Å². The number of fused-ring (bicyclic) bond motifs is 1. The van der Waals surface area contributed by atoms with E-state index in [0.29, 0.717) is 6.61 Å². The Morgan fingerprint density at radius 2 is 2.00 bits per heavy atom. The molecule has 0 spiro atoms. The number of rotatable bonds is 4.